The van der Waals surface area contributed by atoms with Crippen molar-refractivity contribution in [1.82, 2.24) is 15.1 Å². The average molecular weight is 490 g/mol. The van der Waals surface area contributed by atoms with Crippen molar-refractivity contribution >= 4 is 5.91 Å². The monoisotopic (exact) mass is 489 g/mol. The van der Waals surface area contributed by atoms with Crippen molar-refractivity contribution in [2.45, 2.75) is 19.2 Å². The number of carbonyl (C=O) groups excluding carboxylic acids is 1. The van der Waals surface area contributed by atoms with Gasteiger partial charge in [-0.2, -0.15) is 5.10 Å². The van der Waals surface area contributed by atoms with Crippen molar-refractivity contribution in [3.05, 3.63) is 143 Å². The van der Waals surface area contributed by atoms with E-state index in [1.807, 2.05) is 89.8 Å². The SMILES string of the molecule is O=C1c2[nH]nc(-c3ccccc3)c2C(c2ccc(OCc3ccccc3)cc2)N1Cc1ccc(F)cc1. The fourth-order valence-electron chi connectivity index (χ4n) is 4.80. The van der Waals surface area contributed by atoms with Crippen LogP contribution in [0.2, 0.25) is 0 Å². The van der Waals surface area contributed by atoms with E-state index in [1.165, 1.54) is 12.1 Å². The molecule has 1 N–H and O–H groups in total. The maximum Gasteiger partial charge on any atom is 0.273 e. The first-order valence-corrected chi connectivity index (χ1v) is 12.1. The minimum absolute atomic E-state index is 0.136. The van der Waals surface area contributed by atoms with Crippen LogP contribution >= 0.6 is 0 Å². The van der Waals surface area contributed by atoms with Crippen molar-refractivity contribution in [2.24, 2.45) is 0 Å². The first-order valence-electron chi connectivity index (χ1n) is 12.1. The van der Waals surface area contributed by atoms with Gasteiger partial charge in [-0.3, -0.25) is 9.89 Å². The summed E-state index contributed by atoms with van der Waals surface area (Å²) in [5.41, 5.74) is 5.90. The van der Waals surface area contributed by atoms with Crippen LogP contribution in [0.25, 0.3) is 11.3 Å². The minimum atomic E-state index is -0.357. The molecule has 6 rings (SSSR count). The molecule has 0 spiro atoms. The lowest BCUT2D eigenvalue weighted by Gasteiger charge is -2.26. The topological polar surface area (TPSA) is 58.2 Å². The van der Waals surface area contributed by atoms with Crippen molar-refractivity contribution in [3.63, 3.8) is 0 Å². The lowest BCUT2D eigenvalue weighted by molar-refractivity contribution is 0.0730. The Morgan fingerprint density at radius 3 is 2.19 bits per heavy atom. The van der Waals surface area contributed by atoms with E-state index in [4.69, 9.17) is 4.74 Å². The Balaban J connectivity index is 1.35. The van der Waals surface area contributed by atoms with Gasteiger partial charge in [0.25, 0.3) is 5.91 Å². The van der Waals surface area contributed by atoms with Gasteiger partial charge in [0.05, 0.1) is 11.7 Å². The van der Waals surface area contributed by atoms with Gasteiger partial charge in [0, 0.05) is 17.7 Å². The molecule has 0 radical (unpaired) electrons. The molecule has 37 heavy (non-hydrogen) atoms. The second kappa shape index (κ2) is 9.74. The van der Waals surface area contributed by atoms with Gasteiger partial charge in [0.2, 0.25) is 0 Å². The summed E-state index contributed by atoms with van der Waals surface area (Å²) in [7, 11) is 0. The number of carbonyl (C=O) groups is 1. The Morgan fingerprint density at radius 1 is 0.811 bits per heavy atom. The van der Waals surface area contributed by atoms with E-state index < -0.39 is 0 Å². The fourth-order valence-corrected chi connectivity index (χ4v) is 4.80. The molecule has 1 aromatic heterocycles. The zero-order valence-corrected chi connectivity index (χ0v) is 20.0. The lowest BCUT2D eigenvalue weighted by atomic mass is 9.96. The highest BCUT2D eigenvalue weighted by molar-refractivity contribution is 6.00. The number of aromatic nitrogens is 2. The van der Waals surface area contributed by atoms with E-state index in [2.05, 4.69) is 10.2 Å². The molecule has 1 atom stereocenters. The van der Waals surface area contributed by atoms with Gasteiger partial charge in [-0.1, -0.05) is 84.9 Å². The van der Waals surface area contributed by atoms with E-state index in [0.717, 1.165) is 39.3 Å². The third-order valence-corrected chi connectivity index (χ3v) is 6.62. The molecule has 0 saturated heterocycles. The van der Waals surface area contributed by atoms with Crippen molar-refractivity contribution in [3.8, 4) is 17.0 Å². The largest absolute Gasteiger partial charge is 0.489 e. The van der Waals surface area contributed by atoms with Crippen LogP contribution < -0.4 is 4.74 Å². The summed E-state index contributed by atoms with van der Waals surface area (Å²) in [4.78, 5) is 15.4. The highest BCUT2D eigenvalue weighted by Crippen LogP contribution is 2.43. The Kier molecular flexibility index (Phi) is 5.98. The van der Waals surface area contributed by atoms with Crippen LogP contribution in [0, 0.1) is 5.82 Å². The number of fused-ring (bicyclic) bond motifs is 1. The first kappa shape index (κ1) is 22.7. The van der Waals surface area contributed by atoms with Crippen molar-refractivity contribution < 1.29 is 13.9 Å². The van der Waals surface area contributed by atoms with Gasteiger partial charge in [0.1, 0.15) is 23.9 Å². The summed E-state index contributed by atoms with van der Waals surface area (Å²) >= 11 is 0. The third-order valence-electron chi connectivity index (χ3n) is 6.62. The van der Waals surface area contributed by atoms with Crippen LogP contribution in [0.4, 0.5) is 4.39 Å². The van der Waals surface area contributed by atoms with E-state index in [9.17, 15) is 9.18 Å². The summed E-state index contributed by atoms with van der Waals surface area (Å²) in [6.45, 7) is 0.815. The number of amides is 1. The van der Waals surface area contributed by atoms with E-state index in [0.29, 0.717) is 18.8 Å². The fraction of sp³-hybridized carbons (Fsp3) is 0.0968. The molecule has 0 bridgehead atoms. The highest BCUT2D eigenvalue weighted by Gasteiger charge is 2.42. The number of nitrogens with one attached hydrogen (secondary N) is 1. The molecule has 1 amide bonds. The number of hydrogen-bond donors (Lipinski definition) is 1. The van der Waals surface area contributed by atoms with Gasteiger partial charge in [-0.15, -0.1) is 0 Å². The van der Waals surface area contributed by atoms with E-state index in [1.54, 1.807) is 12.1 Å². The normalized spacial score (nSPS) is 14.6. The number of H-pyrrole nitrogens is 1. The van der Waals surface area contributed by atoms with Crippen LogP contribution in [0.3, 0.4) is 0 Å². The van der Waals surface area contributed by atoms with Crippen LogP contribution in [-0.4, -0.2) is 21.0 Å². The predicted octanol–water partition coefficient (Wildman–Crippen LogP) is 6.54. The van der Waals surface area contributed by atoms with Crippen molar-refractivity contribution in [2.75, 3.05) is 0 Å². The second-order valence-electron chi connectivity index (χ2n) is 9.03. The molecular formula is C31H24FN3O2. The molecule has 1 unspecified atom stereocenters. The maximum atomic E-state index is 13.6. The van der Waals surface area contributed by atoms with E-state index >= 15 is 0 Å². The summed E-state index contributed by atoms with van der Waals surface area (Å²) in [5.74, 6) is 0.307. The molecule has 0 aliphatic carbocycles. The predicted molar refractivity (Wildman–Crippen MR) is 139 cm³/mol. The van der Waals surface area contributed by atoms with Gasteiger partial charge >= 0.3 is 0 Å². The first-order chi connectivity index (χ1) is 18.2. The molecule has 182 valence electrons. The van der Waals surface area contributed by atoms with Crippen LogP contribution in [0.1, 0.15) is 38.8 Å². The number of rotatable bonds is 7. The van der Waals surface area contributed by atoms with Crippen molar-refractivity contribution in [1.29, 1.82) is 0 Å². The number of hydrogen-bond acceptors (Lipinski definition) is 3. The Bertz CT molecular complexity index is 1520. The molecule has 1 aliphatic rings. The molecule has 5 nitrogen and oxygen atoms in total. The quantitative estimate of drug-likeness (QED) is 0.282. The van der Waals surface area contributed by atoms with Gasteiger partial charge < -0.3 is 9.64 Å². The summed E-state index contributed by atoms with van der Waals surface area (Å²) in [6.07, 6.45) is 0. The minimum Gasteiger partial charge on any atom is -0.489 e. The average Bonchev–Trinajstić information content (AvgIpc) is 3.49. The molecule has 0 saturated carbocycles. The zero-order chi connectivity index (χ0) is 25.2. The van der Waals surface area contributed by atoms with Crippen LogP contribution in [0.15, 0.2) is 109 Å². The van der Waals surface area contributed by atoms with Gasteiger partial charge in [-0.25, -0.2) is 4.39 Å². The summed E-state index contributed by atoms with van der Waals surface area (Å²) in [5, 5.41) is 7.50. The number of nitrogens with zero attached hydrogens (tertiary/aromatic N) is 2. The second-order valence-corrected chi connectivity index (χ2v) is 9.03. The number of aromatic amines is 1. The molecule has 6 heteroatoms. The third kappa shape index (κ3) is 4.49. The Hall–Kier alpha value is -4.71. The number of benzene rings is 4. The lowest BCUT2D eigenvalue weighted by Crippen LogP contribution is -2.29. The molecule has 1 aliphatic heterocycles. The smallest absolute Gasteiger partial charge is 0.273 e. The molecule has 0 fully saturated rings. The molecular weight excluding hydrogens is 465 g/mol. The Morgan fingerprint density at radius 2 is 1.49 bits per heavy atom. The zero-order valence-electron chi connectivity index (χ0n) is 20.0. The van der Waals surface area contributed by atoms with Gasteiger partial charge in [-0.05, 0) is 41.0 Å². The maximum absolute atomic E-state index is 13.6. The number of halogens is 1. The van der Waals surface area contributed by atoms with Gasteiger partial charge in [0.15, 0.2) is 0 Å². The standard InChI is InChI=1S/C31H24FN3O2/c32-25-15-11-21(12-16-25)19-35-30(24-13-17-26(18-14-24)37-20-22-7-3-1-4-8-22)27-28(23-9-5-2-6-10-23)33-34-29(27)31(35)36/h1-18,30H,19-20H2,(H,33,34). The number of ether oxygens (including phenoxy) is 1. The highest BCUT2D eigenvalue weighted by atomic mass is 19.1. The van der Waals surface area contributed by atoms with Crippen LogP contribution in [-0.2, 0) is 13.2 Å². The van der Waals surface area contributed by atoms with Crippen LogP contribution in [0.5, 0.6) is 5.75 Å². The Labute approximate surface area is 214 Å². The molecule has 2 heterocycles. The van der Waals surface area contributed by atoms with E-state index in [-0.39, 0.29) is 17.8 Å². The molecule has 4 aromatic carbocycles. The summed E-state index contributed by atoms with van der Waals surface area (Å²) < 4.78 is 19.5. The molecule has 5 aromatic rings. The summed E-state index contributed by atoms with van der Waals surface area (Å²) in [6, 6.07) is 33.6.